The van der Waals surface area contributed by atoms with Crippen molar-refractivity contribution in [1.82, 2.24) is 4.57 Å². The largest absolute Gasteiger partial charge is 0.383 e. The van der Waals surface area contributed by atoms with Crippen LogP contribution in [0.15, 0.2) is 41.4 Å². The number of hydrogen-bond donors (Lipinski definition) is 0. The van der Waals surface area contributed by atoms with Gasteiger partial charge in [-0.3, -0.25) is 4.79 Å². The number of rotatable bonds is 4. The first-order valence-corrected chi connectivity index (χ1v) is 9.14. The van der Waals surface area contributed by atoms with Gasteiger partial charge in [0.1, 0.15) is 0 Å². The summed E-state index contributed by atoms with van der Waals surface area (Å²) >= 11 is 7.83. The molecule has 0 aliphatic rings. The zero-order valence-electron chi connectivity index (χ0n) is 14.4. The second kappa shape index (κ2) is 7.52. The molecule has 25 heavy (non-hydrogen) atoms. The first-order chi connectivity index (χ1) is 12.0. The molecule has 0 spiro atoms. The van der Waals surface area contributed by atoms with E-state index >= 15 is 0 Å². The smallest absolute Gasteiger partial charge is 0.279 e. The molecular formula is C19H19ClN2O2S. The third-order valence-corrected chi connectivity index (χ3v) is 5.33. The maximum atomic E-state index is 12.7. The number of benzene rings is 2. The van der Waals surface area contributed by atoms with E-state index in [2.05, 4.69) is 4.99 Å². The van der Waals surface area contributed by atoms with Crippen LogP contribution in [0.3, 0.4) is 0 Å². The van der Waals surface area contributed by atoms with Gasteiger partial charge in [-0.05, 0) is 37.6 Å². The Bertz CT molecular complexity index is 1000. The van der Waals surface area contributed by atoms with Crippen LogP contribution in [0.4, 0.5) is 0 Å². The molecular weight excluding hydrogens is 356 g/mol. The lowest BCUT2D eigenvalue weighted by Gasteiger charge is -2.06. The van der Waals surface area contributed by atoms with Crippen molar-refractivity contribution in [2.45, 2.75) is 20.4 Å². The van der Waals surface area contributed by atoms with Crippen molar-refractivity contribution in [2.24, 2.45) is 4.99 Å². The number of para-hydroxylation sites is 1. The monoisotopic (exact) mass is 374 g/mol. The van der Waals surface area contributed by atoms with Crippen LogP contribution in [0.1, 0.15) is 21.5 Å². The number of methoxy groups -OCH3 is 1. The number of carbonyl (C=O) groups excluding carboxylic acids is 1. The molecule has 0 radical (unpaired) electrons. The molecule has 0 fully saturated rings. The van der Waals surface area contributed by atoms with Crippen LogP contribution in [0.25, 0.3) is 10.2 Å². The predicted molar refractivity (Wildman–Crippen MR) is 103 cm³/mol. The molecule has 3 aromatic rings. The average Bonchev–Trinajstić information content (AvgIpc) is 2.91. The van der Waals surface area contributed by atoms with E-state index in [0.717, 1.165) is 21.3 Å². The molecule has 0 unspecified atom stereocenters. The molecule has 0 atom stereocenters. The van der Waals surface area contributed by atoms with Gasteiger partial charge in [0.05, 0.1) is 21.8 Å². The molecule has 1 aromatic heterocycles. The maximum Gasteiger partial charge on any atom is 0.279 e. The van der Waals surface area contributed by atoms with Crippen molar-refractivity contribution >= 4 is 39.1 Å². The minimum atomic E-state index is -0.244. The van der Waals surface area contributed by atoms with Crippen LogP contribution >= 0.6 is 22.9 Å². The molecule has 2 aromatic carbocycles. The molecule has 3 rings (SSSR count). The zero-order valence-corrected chi connectivity index (χ0v) is 15.9. The van der Waals surface area contributed by atoms with Crippen molar-refractivity contribution in [3.05, 3.63) is 62.9 Å². The second-order valence-electron chi connectivity index (χ2n) is 5.85. The van der Waals surface area contributed by atoms with Gasteiger partial charge in [-0.15, -0.1) is 0 Å². The fourth-order valence-corrected chi connectivity index (χ4v) is 4.18. The number of carbonyl (C=O) groups is 1. The van der Waals surface area contributed by atoms with E-state index in [-0.39, 0.29) is 5.91 Å². The minimum absolute atomic E-state index is 0.244. The van der Waals surface area contributed by atoms with Crippen molar-refractivity contribution in [3.8, 4) is 0 Å². The quantitative estimate of drug-likeness (QED) is 0.681. The molecule has 1 amide bonds. The van der Waals surface area contributed by atoms with E-state index in [1.165, 1.54) is 11.3 Å². The molecule has 0 bridgehead atoms. The topological polar surface area (TPSA) is 43.6 Å². The van der Waals surface area contributed by atoms with Gasteiger partial charge in [0.2, 0.25) is 0 Å². The van der Waals surface area contributed by atoms with E-state index in [0.29, 0.717) is 28.5 Å². The van der Waals surface area contributed by atoms with E-state index in [1.807, 2.05) is 54.8 Å². The van der Waals surface area contributed by atoms with Crippen LogP contribution in [0.2, 0.25) is 5.02 Å². The average molecular weight is 375 g/mol. The third kappa shape index (κ3) is 3.68. The summed E-state index contributed by atoms with van der Waals surface area (Å²) in [6, 6.07) is 11.5. The van der Waals surface area contributed by atoms with E-state index < -0.39 is 0 Å². The number of halogens is 1. The van der Waals surface area contributed by atoms with Crippen LogP contribution in [0.5, 0.6) is 0 Å². The SMILES string of the molecule is COCCn1c(=NC(=O)c2ccc(C)cc2C)sc2cccc(Cl)c21. The lowest BCUT2D eigenvalue weighted by molar-refractivity contribution is 0.0997. The van der Waals surface area contributed by atoms with Gasteiger partial charge in [0.25, 0.3) is 5.91 Å². The standard InChI is InChI=1S/C19H19ClN2O2S/c1-12-7-8-14(13(2)11-12)18(23)21-19-22(9-10-24-3)17-15(20)5-4-6-16(17)25-19/h4-8,11H,9-10H2,1-3H3. The van der Waals surface area contributed by atoms with Crippen molar-refractivity contribution < 1.29 is 9.53 Å². The van der Waals surface area contributed by atoms with E-state index in [4.69, 9.17) is 16.3 Å². The van der Waals surface area contributed by atoms with Crippen LogP contribution < -0.4 is 4.80 Å². The molecule has 0 N–H and O–H groups in total. The Balaban J connectivity index is 2.14. The van der Waals surface area contributed by atoms with Crippen LogP contribution in [0, 0.1) is 13.8 Å². The van der Waals surface area contributed by atoms with Gasteiger partial charge >= 0.3 is 0 Å². The Morgan fingerprint density at radius 2 is 2.08 bits per heavy atom. The zero-order chi connectivity index (χ0) is 18.0. The summed E-state index contributed by atoms with van der Waals surface area (Å²) in [5.74, 6) is -0.244. The van der Waals surface area contributed by atoms with Crippen LogP contribution in [-0.4, -0.2) is 24.2 Å². The number of nitrogens with zero attached hydrogens (tertiary/aromatic N) is 2. The Labute approximate surface area is 155 Å². The molecule has 4 nitrogen and oxygen atoms in total. The van der Waals surface area contributed by atoms with Crippen molar-refractivity contribution in [3.63, 3.8) is 0 Å². The second-order valence-corrected chi connectivity index (χ2v) is 7.27. The van der Waals surface area contributed by atoms with Gasteiger partial charge in [0.15, 0.2) is 4.80 Å². The van der Waals surface area contributed by atoms with Gasteiger partial charge in [-0.25, -0.2) is 0 Å². The summed E-state index contributed by atoms with van der Waals surface area (Å²) < 4.78 is 8.14. The third-order valence-electron chi connectivity index (χ3n) is 3.98. The molecule has 0 saturated heterocycles. The Hall–Kier alpha value is -1.95. The van der Waals surface area contributed by atoms with E-state index in [9.17, 15) is 4.79 Å². The number of thiazole rings is 1. The number of hydrogen-bond acceptors (Lipinski definition) is 3. The molecule has 0 saturated carbocycles. The summed E-state index contributed by atoms with van der Waals surface area (Å²) in [6.07, 6.45) is 0. The summed E-state index contributed by atoms with van der Waals surface area (Å²) in [7, 11) is 1.65. The van der Waals surface area contributed by atoms with Gasteiger partial charge in [-0.2, -0.15) is 4.99 Å². The fraction of sp³-hybridized carbons (Fsp3) is 0.263. The first-order valence-electron chi connectivity index (χ1n) is 7.94. The normalized spacial score (nSPS) is 12.1. The van der Waals surface area contributed by atoms with Gasteiger partial charge < -0.3 is 9.30 Å². The predicted octanol–water partition coefficient (Wildman–Crippen LogP) is 4.36. The Morgan fingerprint density at radius 1 is 1.28 bits per heavy atom. The Morgan fingerprint density at radius 3 is 2.80 bits per heavy atom. The molecule has 0 aliphatic carbocycles. The van der Waals surface area contributed by atoms with E-state index in [1.54, 1.807) is 7.11 Å². The summed E-state index contributed by atoms with van der Waals surface area (Å²) in [4.78, 5) is 17.7. The molecule has 1 heterocycles. The highest BCUT2D eigenvalue weighted by molar-refractivity contribution is 7.16. The maximum absolute atomic E-state index is 12.7. The minimum Gasteiger partial charge on any atom is -0.383 e. The number of aromatic nitrogens is 1. The number of ether oxygens (including phenoxy) is 1. The molecule has 6 heteroatoms. The highest BCUT2D eigenvalue weighted by Gasteiger charge is 2.12. The van der Waals surface area contributed by atoms with Gasteiger partial charge in [-0.1, -0.05) is 46.7 Å². The highest BCUT2D eigenvalue weighted by Crippen LogP contribution is 2.25. The number of fused-ring (bicyclic) bond motifs is 1. The summed E-state index contributed by atoms with van der Waals surface area (Å²) in [5.41, 5.74) is 3.56. The fourth-order valence-electron chi connectivity index (χ4n) is 2.76. The van der Waals surface area contributed by atoms with Gasteiger partial charge in [0, 0.05) is 19.2 Å². The Kier molecular flexibility index (Phi) is 5.37. The number of amides is 1. The highest BCUT2D eigenvalue weighted by atomic mass is 35.5. The summed E-state index contributed by atoms with van der Waals surface area (Å²) in [6.45, 7) is 5.03. The lowest BCUT2D eigenvalue weighted by atomic mass is 10.1. The van der Waals surface area contributed by atoms with Crippen LogP contribution in [-0.2, 0) is 11.3 Å². The van der Waals surface area contributed by atoms with Crippen molar-refractivity contribution in [1.29, 1.82) is 0 Å². The summed E-state index contributed by atoms with van der Waals surface area (Å²) in [5, 5.41) is 0.644. The first kappa shape index (κ1) is 17.9. The lowest BCUT2D eigenvalue weighted by Crippen LogP contribution is -2.19. The molecule has 0 aliphatic heterocycles. The number of aryl methyl sites for hydroxylation is 2. The molecule has 130 valence electrons. The van der Waals surface area contributed by atoms with Crippen molar-refractivity contribution in [2.75, 3.05) is 13.7 Å².